The molecule has 2 atom stereocenters. The number of hydrogen-bond acceptors (Lipinski definition) is 4. The number of anilines is 1. The SMILES string of the molecule is Cc1ccc(S(=O)(=O)N2c3c(C)cc([N+](=O)[O-])cc3[C@H]3c4ccccc4C[C@H]32)cc1. The minimum absolute atomic E-state index is 0.0102. The Balaban J connectivity index is 1.76. The van der Waals surface area contributed by atoms with E-state index in [0.29, 0.717) is 23.2 Å². The lowest BCUT2D eigenvalue weighted by Crippen LogP contribution is -2.39. The first-order chi connectivity index (χ1) is 14.3. The minimum atomic E-state index is -3.83. The summed E-state index contributed by atoms with van der Waals surface area (Å²) in [5.74, 6) is -0.213. The summed E-state index contributed by atoms with van der Waals surface area (Å²) >= 11 is 0. The lowest BCUT2D eigenvalue weighted by atomic mass is 9.91. The first kappa shape index (κ1) is 18.8. The third-order valence-corrected chi connectivity index (χ3v) is 8.00. The Morgan fingerprint density at radius 1 is 1.00 bits per heavy atom. The molecule has 5 rings (SSSR count). The molecule has 0 fully saturated rings. The van der Waals surface area contributed by atoms with Crippen LogP contribution in [0.25, 0.3) is 0 Å². The van der Waals surface area contributed by atoms with Gasteiger partial charge in [-0.1, -0.05) is 42.0 Å². The molecule has 0 aromatic heterocycles. The molecule has 6 nitrogen and oxygen atoms in total. The van der Waals surface area contributed by atoms with E-state index in [4.69, 9.17) is 0 Å². The van der Waals surface area contributed by atoms with Crippen LogP contribution < -0.4 is 4.31 Å². The molecular weight excluding hydrogens is 400 g/mol. The summed E-state index contributed by atoms with van der Waals surface area (Å²) in [4.78, 5) is 11.3. The van der Waals surface area contributed by atoms with Crippen LogP contribution >= 0.6 is 0 Å². The number of nitrogens with zero attached hydrogens (tertiary/aromatic N) is 2. The van der Waals surface area contributed by atoms with E-state index in [1.165, 1.54) is 10.4 Å². The van der Waals surface area contributed by atoms with Crippen molar-refractivity contribution in [3.63, 3.8) is 0 Å². The van der Waals surface area contributed by atoms with Gasteiger partial charge in [-0.2, -0.15) is 0 Å². The zero-order chi connectivity index (χ0) is 21.2. The predicted octanol–water partition coefficient (Wildman–Crippen LogP) is 4.48. The normalized spacial score (nSPS) is 19.3. The Morgan fingerprint density at radius 3 is 2.40 bits per heavy atom. The van der Waals surface area contributed by atoms with Crippen molar-refractivity contribution in [2.24, 2.45) is 0 Å². The number of rotatable bonds is 3. The van der Waals surface area contributed by atoms with Crippen LogP contribution in [-0.2, 0) is 16.4 Å². The van der Waals surface area contributed by atoms with Gasteiger partial charge in [0.25, 0.3) is 15.7 Å². The standard InChI is InChI=1S/C23H20N2O4S/c1-14-7-9-18(10-8-14)30(28,29)24-21-12-16-5-3-4-6-19(16)22(21)20-13-17(25(26)27)11-15(2)23(20)24/h3-11,13,21-22H,12H2,1-2H3/t21-,22-/m1/s1. The maximum absolute atomic E-state index is 13.8. The van der Waals surface area contributed by atoms with Crippen molar-refractivity contribution in [2.45, 2.75) is 37.1 Å². The van der Waals surface area contributed by atoms with Gasteiger partial charge in [-0.3, -0.25) is 14.4 Å². The van der Waals surface area contributed by atoms with Gasteiger partial charge < -0.3 is 0 Å². The van der Waals surface area contributed by atoms with Gasteiger partial charge in [0.05, 0.1) is 21.5 Å². The third-order valence-electron chi connectivity index (χ3n) is 6.16. The molecule has 0 spiro atoms. The van der Waals surface area contributed by atoms with Crippen LogP contribution in [0.5, 0.6) is 0 Å². The second kappa shape index (κ2) is 6.40. The van der Waals surface area contributed by atoms with Crippen molar-refractivity contribution in [1.29, 1.82) is 0 Å². The van der Waals surface area contributed by atoms with Crippen LogP contribution in [0, 0.1) is 24.0 Å². The van der Waals surface area contributed by atoms with E-state index in [1.807, 2.05) is 31.2 Å². The Labute approximate surface area is 175 Å². The molecule has 152 valence electrons. The molecule has 1 aliphatic heterocycles. The molecule has 0 saturated heterocycles. The van der Waals surface area contributed by atoms with E-state index in [9.17, 15) is 18.5 Å². The molecule has 3 aromatic rings. The molecule has 3 aromatic carbocycles. The van der Waals surface area contributed by atoms with E-state index in [1.54, 1.807) is 37.3 Å². The highest BCUT2D eigenvalue weighted by molar-refractivity contribution is 7.93. The summed E-state index contributed by atoms with van der Waals surface area (Å²) < 4.78 is 29.0. The maximum atomic E-state index is 13.8. The van der Waals surface area contributed by atoms with Crippen molar-refractivity contribution in [3.05, 3.63) is 98.6 Å². The molecule has 0 N–H and O–H groups in total. The van der Waals surface area contributed by atoms with Gasteiger partial charge in [0, 0.05) is 18.1 Å². The number of sulfonamides is 1. The van der Waals surface area contributed by atoms with E-state index in [2.05, 4.69) is 0 Å². The van der Waals surface area contributed by atoms with Crippen LogP contribution in [0.15, 0.2) is 65.6 Å². The Morgan fingerprint density at radius 2 is 1.70 bits per heavy atom. The average molecular weight is 420 g/mol. The molecule has 0 amide bonds. The van der Waals surface area contributed by atoms with E-state index in [0.717, 1.165) is 16.7 Å². The third kappa shape index (κ3) is 2.58. The van der Waals surface area contributed by atoms with Gasteiger partial charge in [-0.05, 0) is 54.7 Å². The fourth-order valence-electron chi connectivity index (χ4n) is 4.89. The van der Waals surface area contributed by atoms with Gasteiger partial charge >= 0.3 is 0 Å². The number of benzene rings is 3. The Bertz CT molecular complexity index is 1300. The van der Waals surface area contributed by atoms with E-state index >= 15 is 0 Å². The van der Waals surface area contributed by atoms with Crippen molar-refractivity contribution >= 4 is 21.4 Å². The molecule has 0 bridgehead atoms. The summed E-state index contributed by atoms with van der Waals surface area (Å²) in [5, 5.41) is 11.5. The molecule has 0 saturated carbocycles. The summed E-state index contributed by atoms with van der Waals surface area (Å²) in [6.07, 6.45) is 0.577. The number of hydrogen-bond donors (Lipinski definition) is 0. The molecule has 1 aliphatic carbocycles. The maximum Gasteiger partial charge on any atom is 0.270 e. The minimum Gasteiger partial charge on any atom is -0.261 e. The zero-order valence-electron chi connectivity index (χ0n) is 16.6. The number of nitro groups is 1. The van der Waals surface area contributed by atoms with E-state index in [-0.39, 0.29) is 22.5 Å². The molecular formula is C23H20N2O4S. The van der Waals surface area contributed by atoms with E-state index < -0.39 is 14.9 Å². The quantitative estimate of drug-likeness (QED) is 0.462. The van der Waals surface area contributed by atoms with Crippen LogP contribution in [0.3, 0.4) is 0 Å². The second-order valence-electron chi connectivity index (χ2n) is 8.02. The summed E-state index contributed by atoms with van der Waals surface area (Å²) in [7, 11) is -3.83. The predicted molar refractivity (Wildman–Crippen MR) is 114 cm³/mol. The summed E-state index contributed by atoms with van der Waals surface area (Å²) in [6.45, 7) is 3.66. The highest BCUT2D eigenvalue weighted by atomic mass is 32.2. The monoisotopic (exact) mass is 420 g/mol. The highest BCUT2D eigenvalue weighted by Crippen LogP contribution is 2.54. The largest absolute Gasteiger partial charge is 0.270 e. The lowest BCUT2D eigenvalue weighted by molar-refractivity contribution is -0.384. The molecule has 2 aliphatic rings. The van der Waals surface area contributed by atoms with Crippen LogP contribution in [0.4, 0.5) is 11.4 Å². The van der Waals surface area contributed by atoms with Crippen LogP contribution in [0.1, 0.15) is 33.7 Å². The number of non-ortho nitro benzene ring substituents is 1. The van der Waals surface area contributed by atoms with Crippen LogP contribution in [0.2, 0.25) is 0 Å². The first-order valence-corrected chi connectivity index (χ1v) is 11.2. The molecule has 0 unspecified atom stereocenters. The Hall–Kier alpha value is -3.19. The second-order valence-corrected chi connectivity index (χ2v) is 9.83. The number of aryl methyl sites for hydroxylation is 2. The first-order valence-electron chi connectivity index (χ1n) is 9.77. The molecule has 7 heteroatoms. The van der Waals surface area contributed by atoms with Gasteiger partial charge in [0.2, 0.25) is 0 Å². The Kier molecular flexibility index (Phi) is 4.02. The van der Waals surface area contributed by atoms with Crippen molar-refractivity contribution in [3.8, 4) is 0 Å². The van der Waals surface area contributed by atoms with Crippen molar-refractivity contribution in [1.82, 2.24) is 0 Å². The van der Waals surface area contributed by atoms with Gasteiger partial charge in [-0.15, -0.1) is 0 Å². The summed E-state index contributed by atoms with van der Waals surface area (Å²) in [6, 6.07) is 17.4. The zero-order valence-corrected chi connectivity index (χ0v) is 17.4. The fourth-order valence-corrected chi connectivity index (χ4v) is 6.64. The van der Waals surface area contributed by atoms with Crippen molar-refractivity contribution < 1.29 is 13.3 Å². The smallest absolute Gasteiger partial charge is 0.261 e. The summed E-state index contributed by atoms with van der Waals surface area (Å²) in [5.41, 5.74) is 4.99. The fraction of sp³-hybridized carbons (Fsp3) is 0.217. The van der Waals surface area contributed by atoms with Gasteiger partial charge in [0.1, 0.15) is 0 Å². The number of fused-ring (bicyclic) bond motifs is 5. The molecule has 0 radical (unpaired) electrons. The number of nitro benzene ring substituents is 1. The average Bonchev–Trinajstić information content (AvgIpc) is 3.23. The topological polar surface area (TPSA) is 80.5 Å². The van der Waals surface area contributed by atoms with Crippen LogP contribution in [-0.4, -0.2) is 19.4 Å². The van der Waals surface area contributed by atoms with Gasteiger partial charge in [0.15, 0.2) is 0 Å². The highest BCUT2D eigenvalue weighted by Gasteiger charge is 2.50. The lowest BCUT2D eigenvalue weighted by Gasteiger charge is -2.27. The molecule has 30 heavy (non-hydrogen) atoms. The molecule has 1 heterocycles. The van der Waals surface area contributed by atoms with Crippen molar-refractivity contribution in [2.75, 3.05) is 4.31 Å². The van der Waals surface area contributed by atoms with Gasteiger partial charge in [-0.25, -0.2) is 8.42 Å².